The van der Waals surface area contributed by atoms with E-state index in [1.54, 1.807) is 0 Å². The van der Waals surface area contributed by atoms with Crippen LogP contribution in [0, 0.1) is 10.1 Å². The summed E-state index contributed by atoms with van der Waals surface area (Å²) in [6.07, 6.45) is -9.04. The Labute approximate surface area is 112 Å². The van der Waals surface area contributed by atoms with E-state index in [0.29, 0.717) is 0 Å². The molecule has 0 bridgehead atoms. The van der Waals surface area contributed by atoms with E-state index in [9.17, 15) is 40.5 Å². The molecule has 0 saturated heterocycles. The fourth-order valence-corrected chi connectivity index (χ4v) is 1.79. The van der Waals surface area contributed by atoms with E-state index in [4.69, 9.17) is 0 Å². The Morgan fingerprint density at radius 3 is 2.24 bits per heavy atom. The van der Waals surface area contributed by atoms with Crippen LogP contribution in [-0.2, 0) is 10.0 Å². The van der Waals surface area contributed by atoms with Gasteiger partial charge in [-0.05, 0) is 9.91 Å². The molecule has 0 atom stereocenters. The van der Waals surface area contributed by atoms with Crippen molar-refractivity contribution >= 4 is 15.8 Å². The number of aromatic nitrogens is 1. The molecule has 0 amide bonds. The Balaban J connectivity index is 3.68. The highest BCUT2D eigenvalue weighted by Crippen LogP contribution is 2.36. The predicted molar refractivity (Wildman–Crippen MR) is 53.9 cm³/mol. The highest BCUT2D eigenvalue weighted by molar-refractivity contribution is 7.89. The smallest absolute Gasteiger partial charge is 0.400 e. The average Bonchev–Trinajstić information content (AvgIpc) is 2.23. The topological polar surface area (TPSA) is 125 Å². The predicted octanol–water partition coefficient (Wildman–Crippen LogP) is 1.47. The summed E-state index contributed by atoms with van der Waals surface area (Å²) >= 11 is 0. The van der Waals surface area contributed by atoms with Gasteiger partial charge in [0.05, 0.1) is 0 Å². The molecule has 0 aliphatic carbocycles. The summed E-state index contributed by atoms with van der Waals surface area (Å²) < 4.78 is 86.7. The van der Waals surface area contributed by atoms with E-state index >= 15 is 0 Å². The third-order valence-electron chi connectivity index (χ3n) is 1.87. The van der Waals surface area contributed by atoms with E-state index in [1.807, 2.05) is 0 Å². The van der Waals surface area contributed by atoms with Gasteiger partial charge in [-0.2, -0.15) is 0 Å². The summed E-state index contributed by atoms with van der Waals surface area (Å²) in [4.78, 5) is 11.7. The first-order valence-corrected chi connectivity index (χ1v) is 6.13. The molecule has 1 rings (SSSR count). The van der Waals surface area contributed by atoms with Crippen molar-refractivity contribution in [3.8, 4) is 5.75 Å². The minimum absolute atomic E-state index is 0.150. The first-order chi connectivity index (χ1) is 9.33. The number of sulfonamides is 1. The van der Waals surface area contributed by atoms with E-state index in [1.165, 1.54) is 0 Å². The second-order valence-electron chi connectivity index (χ2n) is 3.36. The van der Waals surface area contributed by atoms with Crippen molar-refractivity contribution < 1.29 is 40.0 Å². The lowest BCUT2D eigenvalue weighted by atomic mass is 10.2. The van der Waals surface area contributed by atoms with Crippen molar-refractivity contribution in [2.45, 2.75) is 17.8 Å². The van der Waals surface area contributed by atoms with Gasteiger partial charge < -0.3 is 14.9 Å². The first kappa shape index (κ1) is 17.0. The zero-order valence-corrected chi connectivity index (χ0v) is 10.3. The van der Waals surface area contributed by atoms with Gasteiger partial charge in [0, 0.05) is 6.07 Å². The first-order valence-electron chi connectivity index (χ1n) is 4.59. The Morgan fingerprint density at radius 2 is 1.90 bits per heavy atom. The van der Waals surface area contributed by atoms with Gasteiger partial charge in [-0.25, -0.2) is 22.3 Å². The highest BCUT2D eigenvalue weighted by atomic mass is 32.2. The summed E-state index contributed by atoms with van der Waals surface area (Å²) in [6, 6.07) is -0.150. The molecule has 21 heavy (non-hydrogen) atoms. The number of ether oxygens (including phenoxy) is 1. The van der Waals surface area contributed by atoms with Crippen molar-refractivity contribution in [3.05, 3.63) is 21.7 Å². The standard InChI is InChI=1S/C7H4F5N3O5S/c8-4(9)2-1-3(20-7(10,11)12)6(21(13,18)19)14-5(2)15(16)17/h1,4H,(H2,13,18,19). The molecule has 0 aliphatic heterocycles. The number of halogens is 5. The minimum Gasteiger partial charge on any atom is -0.400 e. The third kappa shape index (κ3) is 4.19. The van der Waals surface area contributed by atoms with Crippen LogP contribution in [0.3, 0.4) is 0 Å². The van der Waals surface area contributed by atoms with E-state index < -0.39 is 49.9 Å². The largest absolute Gasteiger partial charge is 0.573 e. The molecule has 8 nitrogen and oxygen atoms in total. The van der Waals surface area contributed by atoms with E-state index in [2.05, 4.69) is 14.9 Å². The molecular formula is C7H4F5N3O5S. The van der Waals surface area contributed by atoms with E-state index in [0.717, 1.165) is 0 Å². The van der Waals surface area contributed by atoms with Gasteiger partial charge in [0.25, 0.3) is 16.4 Å². The van der Waals surface area contributed by atoms with Crippen LogP contribution in [0.4, 0.5) is 27.8 Å². The van der Waals surface area contributed by atoms with Crippen LogP contribution < -0.4 is 9.88 Å². The molecule has 0 fully saturated rings. The number of nitrogens with zero attached hydrogens (tertiary/aromatic N) is 2. The highest BCUT2D eigenvalue weighted by Gasteiger charge is 2.39. The molecule has 1 heterocycles. The van der Waals surface area contributed by atoms with Crippen molar-refractivity contribution in [2.24, 2.45) is 5.14 Å². The molecule has 118 valence electrons. The molecule has 0 aliphatic rings. The van der Waals surface area contributed by atoms with Crippen LogP contribution in [0.1, 0.15) is 12.0 Å². The number of nitro groups is 1. The quantitative estimate of drug-likeness (QED) is 0.504. The monoisotopic (exact) mass is 337 g/mol. The van der Waals surface area contributed by atoms with Crippen molar-refractivity contribution in [1.82, 2.24) is 4.98 Å². The van der Waals surface area contributed by atoms with Gasteiger partial charge in [0.2, 0.25) is 0 Å². The Hall–Kier alpha value is -2.09. The molecule has 0 saturated carbocycles. The molecule has 1 aromatic heterocycles. The van der Waals surface area contributed by atoms with Crippen LogP contribution in [0.15, 0.2) is 11.1 Å². The Morgan fingerprint density at radius 1 is 1.38 bits per heavy atom. The number of primary sulfonamides is 1. The van der Waals surface area contributed by atoms with Crippen LogP contribution in [0.25, 0.3) is 0 Å². The number of pyridine rings is 1. The van der Waals surface area contributed by atoms with Gasteiger partial charge in [-0.1, -0.05) is 0 Å². The van der Waals surface area contributed by atoms with Crippen LogP contribution >= 0.6 is 0 Å². The molecule has 14 heteroatoms. The number of hydrogen-bond acceptors (Lipinski definition) is 6. The molecule has 1 aromatic rings. The molecular weight excluding hydrogens is 333 g/mol. The minimum atomic E-state index is -5.45. The normalized spacial score (nSPS) is 12.5. The number of rotatable bonds is 4. The average molecular weight is 337 g/mol. The lowest BCUT2D eigenvalue weighted by Crippen LogP contribution is -2.22. The zero-order chi connectivity index (χ0) is 16.6. The van der Waals surface area contributed by atoms with Crippen molar-refractivity contribution in [3.63, 3.8) is 0 Å². The SMILES string of the molecule is NS(=O)(=O)c1nc([N+](=O)[O-])c(C(F)F)cc1OC(F)(F)F. The molecule has 0 aromatic carbocycles. The lowest BCUT2D eigenvalue weighted by Gasteiger charge is -2.11. The summed E-state index contributed by atoms with van der Waals surface area (Å²) in [7, 11) is -4.99. The van der Waals surface area contributed by atoms with Crippen LogP contribution in [0.5, 0.6) is 5.75 Å². The number of nitrogens with two attached hydrogens (primary N) is 1. The molecule has 0 unspecified atom stereocenters. The lowest BCUT2D eigenvalue weighted by molar-refractivity contribution is -0.391. The van der Waals surface area contributed by atoms with Crippen molar-refractivity contribution in [1.29, 1.82) is 0 Å². The maximum Gasteiger partial charge on any atom is 0.573 e. The van der Waals surface area contributed by atoms with Gasteiger partial charge in [0.15, 0.2) is 5.75 Å². The van der Waals surface area contributed by atoms with Gasteiger partial charge in [0.1, 0.15) is 5.56 Å². The summed E-state index contributed by atoms with van der Waals surface area (Å²) in [5, 5.41) is 13.4. The fourth-order valence-electron chi connectivity index (χ4n) is 1.19. The third-order valence-corrected chi connectivity index (χ3v) is 2.70. The molecule has 2 N–H and O–H groups in total. The number of alkyl halides is 5. The van der Waals surface area contributed by atoms with Crippen LogP contribution in [-0.4, -0.2) is 24.7 Å². The number of hydrogen-bond donors (Lipinski definition) is 1. The second kappa shape index (κ2) is 5.36. The van der Waals surface area contributed by atoms with Crippen molar-refractivity contribution in [2.75, 3.05) is 0 Å². The zero-order valence-electron chi connectivity index (χ0n) is 9.47. The maximum absolute atomic E-state index is 12.6. The van der Waals surface area contributed by atoms with Gasteiger partial charge in [-0.15, -0.1) is 13.2 Å². The second-order valence-corrected chi connectivity index (χ2v) is 4.83. The van der Waals surface area contributed by atoms with Crippen LogP contribution in [0.2, 0.25) is 0 Å². The van der Waals surface area contributed by atoms with E-state index in [-0.39, 0.29) is 6.07 Å². The summed E-state index contributed by atoms with van der Waals surface area (Å²) in [5.74, 6) is -3.34. The summed E-state index contributed by atoms with van der Waals surface area (Å²) in [6.45, 7) is 0. The summed E-state index contributed by atoms with van der Waals surface area (Å²) in [5.41, 5.74) is -1.55. The van der Waals surface area contributed by atoms with Gasteiger partial charge in [-0.3, -0.25) is 0 Å². The molecule has 0 spiro atoms. The molecule has 0 radical (unpaired) electrons. The fraction of sp³-hybridized carbons (Fsp3) is 0.286. The Bertz CT molecular complexity index is 674. The maximum atomic E-state index is 12.6. The van der Waals surface area contributed by atoms with Gasteiger partial charge >= 0.3 is 17.2 Å². The Kier molecular flexibility index (Phi) is 4.33.